The molecule has 29 heavy (non-hydrogen) atoms. The second-order valence-corrected chi connectivity index (χ2v) is 6.54. The van der Waals surface area contributed by atoms with Gasteiger partial charge in [0.15, 0.2) is 0 Å². The number of furan rings is 1. The summed E-state index contributed by atoms with van der Waals surface area (Å²) >= 11 is 0. The number of pyridine rings is 1. The fourth-order valence-electron chi connectivity index (χ4n) is 3.01. The van der Waals surface area contributed by atoms with E-state index in [9.17, 15) is 4.79 Å². The molecule has 2 aromatic heterocycles. The van der Waals surface area contributed by atoms with E-state index in [-0.39, 0.29) is 5.91 Å². The molecule has 1 N–H and O–H groups in total. The van der Waals surface area contributed by atoms with Crippen LogP contribution >= 0.6 is 0 Å². The van der Waals surface area contributed by atoms with Crippen LogP contribution in [0, 0.1) is 0 Å². The highest BCUT2D eigenvalue weighted by Gasteiger charge is 2.13. The molecule has 4 rings (SSSR count). The molecule has 0 aliphatic rings. The summed E-state index contributed by atoms with van der Waals surface area (Å²) in [5.41, 5.74) is 6.45. The normalized spacial score (nSPS) is 11.8. The Kier molecular flexibility index (Phi) is 5.29. The first-order chi connectivity index (χ1) is 14.2. The monoisotopic (exact) mass is 381 g/mol. The molecule has 2 heterocycles. The molecule has 0 spiro atoms. The number of benzene rings is 2. The van der Waals surface area contributed by atoms with E-state index < -0.39 is 0 Å². The van der Waals surface area contributed by atoms with Crippen molar-refractivity contribution in [3.63, 3.8) is 0 Å². The second-order valence-electron chi connectivity index (χ2n) is 6.54. The molecule has 1 amide bonds. The molecule has 5 nitrogen and oxygen atoms in total. The number of allylic oxidation sites excluding steroid dienone is 1. The van der Waals surface area contributed by atoms with Gasteiger partial charge in [-0.25, -0.2) is 10.4 Å². The number of nitrogens with one attached hydrogen (secondary N) is 1. The molecule has 5 heteroatoms. The SMILES string of the molecule is C/C(C=NNC(=O)c1cc(-c2ccccc2)nc2ccccc12)=C/c1ccco1. The van der Waals surface area contributed by atoms with E-state index in [4.69, 9.17) is 9.40 Å². The lowest BCUT2D eigenvalue weighted by atomic mass is 10.0. The third-order valence-corrected chi connectivity index (χ3v) is 4.38. The van der Waals surface area contributed by atoms with Crippen LogP contribution in [0.1, 0.15) is 23.0 Å². The summed E-state index contributed by atoms with van der Waals surface area (Å²) in [4.78, 5) is 17.6. The zero-order valence-corrected chi connectivity index (χ0v) is 15.9. The smallest absolute Gasteiger partial charge is 0.272 e. The highest BCUT2D eigenvalue weighted by molar-refractivity contribution is 6.07. The summed E-state index contributed by atoms with van der Waals surface area (Å²) in [6, 6.07) is 22.8. The predicted molar refractivity (Wildman–Crippen MR) is 115 cm³/mol. The van der Waals surface area contributed by atoms with Crippen molar-refractivity contribution in [2.75, 3.05) is 0 Å². The molecule has 0 aliphatic heterocycles. The van der Waals surface area contributed by atoms with Crippen LogP contribution in [-0.4, -0.2) is 17.1 Å². The molecule has 0 unspecified atom stereocenters. The fourth-order valence-corrected chi connectivity index (χ4v) is 3.01. The van der Waals surface area contributed by atoms with Crippen molar-refractivity contribution in [1.29, 1.82) is 0 Å². The number of nitrogens with zero attached hydrogens (tertiary/aromatic N) is 2. The maximum atomic E-state index is 12.9. The summed E-state index contributed by atoms with van der Waals surface area (Å²) in [6.07, 6.45) is 5.03. The molecule has 0 saturated heterocycles. The largest absolute Gasteiger partial charge is 0.465 e. The Bertz CT molecular complexity index is 1190. The maximum Gasteiger partial charge on any atom is 0.272 e. The lowest BCUT2D eigenvalue weighted by molar-refractivity contribution is 0.0956. The van der Waals surface area contributed by atoms with Gasteiger partial charge in [-0.1, -0.05) is 48.5 Å². The van der Waals surface area contributed by atoms with Crippen molar-refractivity contribution in [2.24, 2.45) is 5.10 Å². The van der Waals surface area contributed by atoms with Gasteiger partial charge in [0.05, 0.1) is 29.3 Å². The first kappa shape index (κ1) is 18.4. The first-order valence-electron chi connectivity index (χ1n) is 9.21. The van der Waals surface area contributed by atoms with Crippen LogP contribution in [0.25, 0.3) is 28.2 Å². The summed E-state index contributed by atoms with van der Waals surface area (Å²) in [5.74, 6) is 0.440. The number of amides is 1. The van der Waals surface area contributed by atoms with Crippen molar-refractivity contribution < 1.29 is 9.21 Å². The molecule has 0 bridgehead atoms. The van der Waals surface area contributed by atoms with Crippen molar-refractivity contribution in [3.8, 4) is 11.3 Å². The van der Waals surface area contributed by atoms with Crippen LogP contribution in [0.3, 0.4) is 0 Å². The molecular weight excluding hydrogens is 362 g/mol. The Morgan fingerprint density at radius 3 is 2.62 bits per heavy atom. The van der Waals surface area contributed by atoms with Gasteiger partial charge in [-0.05, 0) is 42.8 Å². The summed E-state index contributed by atoms with van der Waals surface area (Å²) in [6.45, 7) is 1.88. The number of rotatable bonds is 5. The van der Waals surface area contributed by atoms with Gasteiger partial charge < -0.3 is 4.42 Å². The van der Waals surface area contributed by atoms with Gasteiger partial charge in [0.1, 0.15) is 5.76 Å². The van der Waals surface area contributed by atoms with Gasteiger partial charge >= 0.3 is 0 Å². The average molecular weight is 381 g/mol. The molecule has 2 aromatic carbocycles. The number of fused-ring (bicyclic) bond motifs is 1. The lowest BCUT2D eigenvalue weighted by Crippen LogP contribution is -2.18. The Labute approximate surface area is 168 Å². The number of hydrogen-bond donors (Lipinski definition) is 1. The molecule has 142 valence electrons. The van der Waals surface area contributed by atoms with E-state index in [1.54, 1.807) is 18.5 Å². The lowest BCUT2D eigenvalue weighted by Gasteiger charge is -2.09. The minimum Gasteiger partial charge on any atom is -0.465 e. The highest BCUT2D eigenvalue weighted by Crippen LogP contribution is 2.24. The van der Waals surface area contributed by atoms with Crippen LogP contribution in [0.5, 0.6) is 0 Å². The van der Waals surface area contributed by atoms with Crippen molar-refractivity contribution in [3.05, 3.63) is 96.0 Å². The zero-order valence-electron chi connectivity index (χ0n) is 15.9. The summed E-state index contributed by atoms with van der Waals surface area (Å²) in [5, 5.41) is 4.86. The van der Waals surface area contributed by atoms with E-state index in [1.165, 1.54) is 0 Å². The molecule has 4 aromatic rings. The Morgan fingerprint density at radius 1 is 1.03 bits per heavy atom. The van der Waals surface area contributed by atoms with Gasteiger partial charge in [-0.2, -0.15) is 5.10 Å². The van der Waals surface area contributed by atoms with Gasteiger partial charge in [-0.15, -0.1) is 0 Å². The van der Waals surface area contributed by atoms with Crippen molar-refractivity contribution in [1.82, 2.24) is 10.4 Å². The molecule has 0 atom stereocenters. The number of carbonyl (C=O) groups is 1. The third kappa shape index (κ3) is 4.30. The quantitative estimate of drug-likeness (QED) is 0.376. The van der Waals surface area contributed by atoms with Gasteiger partial charge in [0.2, 0.25) is 0 Å². The molecule has 0 radical (unpaired) electrons. The summed E-state index contributed by atoms with van der Waals surface area (Å²) in [7, 11) is 0. The maximum absolute atomic E-state index is 12.9. The summed E-state index contributed by atoms with van der Waals surface area (Å²) < 4.78 is 5.27. The van der Waals surface area contributed by atoms with Crippen molar-refractivity contribution in [2.45, 2.75) is 6.92 Å². The van der Waals surface area contributed by atoms with Crippen LogP contribution in [0.15, 0.2) is 94.2 Å². The molecule has 0 aliphatic carbocycles. The first-order valence-corrected chi connectivity index (χ1v) is 9.21. The second kappa shape index (κ2) is 8.35. The number of para-hydroxylation sites is 1. The minimum atomic E-state index is -0.289. The highest BCUT2D eigenvalue weighted by atomic mass is 16.3. The third-order valence-electron chi connectivity index (χ3n) is 4.38. The Hall–Kier alpha value is -3.99. The van der Waals surface area contributed by atoms with Crippen molar-refractivity contribution >= 4 is 29.1 Å². The van der Waals surface area contributed by atoms with Crippen LogP contribution in [-0.2, 0) is 0 Å². The van der Waals surface area contributed by atoms with Crippen LogP contribution in [0.2, 0.25) is 0 Å². The van der Waals surface area contributed by atoms with E-state index in [2.05, 4.69) is 10.5 Å². The number of aromatic nitrogens is 1. The zero-order chi connectivity index (χ0) is 20.1. The van der Waals surface area contributed by atoms with E-state index >= 15 is 0 Å². The number of hydrazone groups is 1. The molecule has 0 fully saturated rings. The van der Waals surface area contributed by atoms with E-state index in [0.29, 0.717) is 5.56 Å². The van der Waals surface area contributed by atoms with Crippen LogP contribution < -0.4 is 5.43 Å². The van der Waals surface area contributed by atoms with Crippen LogP contribution in [0.4, 0.5) is 0 Å². The average Bonchev–Trinajstić information content (AvgIpc) is 3.26. The van der Waals surface area contributed by atoms with Gasteiger partial charge in [-0.3, -0.25) is 4.79 Å². The number of hydrogen-bond acceptors (Lipinski definition) is 4. The van der Waals surface area contributed by atoms with Gasteiger partial charge in [0, 0.05) is 10.9 Å². The van der Waals surface area contributed by atoms with Gasteiger partial charge in [0.25, 0.3) is 5.91 Å². The number of carbonyl (C=O) groups excluding carboxylic acids is 1. The van der Waals surface area contributed by atoms with E-state index in [0.717, 1.165) is 33.5 Å². The Morgan fingerprint density at radius 2 is 1.83 bits per heavy atom. The van der Waals surface area contributed by atoms with E-state index in [1.807, 2.05) is 79.7 Å². The standard InChI is InChI=1S/C24H19N3O2/c1-17(14-19-10-7-13-29-19)16-25-27-24(28)21-15-23(18-8-3-2-4-9-18)26-22-12-6-5-11-20(21)22/h2-16H,1H3,(H,27,28)/b17-14-,25-16?. The predicted octanol–water partition coefficient (Wildman–Crippen LogP) is 5.31. The topological polar surface area (TPSA) is 67.5 Å². The molecule has 0 saturated carbocycles. The molecular formula is C24H19N3O2. The Balaban J connectivity index is 1.62. The fraction of sp³-hybridized carbons (Fsp3) is 0.0417. The minimum absolute atomic E-state index is 0.289.